The van der Waals surface area contributed by atoms with Gasteiger partial charge in [-0.05, 0) is 49.8 Å². The maximum Gasteiger partial charge on any atom is 0.214 e. The Morgan fingerprint density at radius 1 is 1.13 bits per heavy atom. The number of nitrogen functional groups attached to an aromatic ring is 1. The zero-order valence-corrected chi connectivity index (χ0v) is 18.7. The zero-order chi connectivity index (χ0) is 22.0. The van der Waals surface area contributed by atoms with Gasteiger partial charge in [0.25, 0.3) is 0 Å². The Hall–Kier alpha value is -2.72. The van der Waals surface area contributed by atoms with Gasteiger partial charge in [-0.1, -0.05) is 6.07 Å². The van der Waals surface area contributed by atoms with Crippen molar-refractivity contribution < 1.29 is 8.42 Å². The molecule has 1 aliphatic rings. The molecule has 0 spiro atoms. The summed E-state index contributed by atoms with van der Waals surface area (Å²) in [5.74, 6) is 1.63. The second-order valence-electron chi connectivity index (χ2n) is 8.31. The highest BCUT2D eigenvalue weighted by atomic mass is 32.2. The highest BCUT2D eigenvalue weighted by Gasteiger charge is 2.30. The number of anilines is 2. The number of nitrogens with one attached hydrogen (secondary N) is 1. The minimum absolute atomic E-state index is 0.156. The predicted octanol–water partition coefficient (Wildman–Crippen LogP) is 2.39. The Kier molecular flexibility index (Phi) is 6.10. The SMILES string of the molecule is CN(Cc1cccc(N)n1)S(=O)(=O)C[C@H]1CC[C@H](N(C)c2ncnc3[nH]ccc23)CC1. The van der Waals surface area contributed by atoms with E-state index in [1.54, 1.807) is 31.6 Å². The van der Waals surface area contributed by atoms with E-state index in [9.17, 15) is 8.42 Å². The molecule has 3 aromatic rings. The second kappa shape index (κ2) is 8.80. The Morgan fingerprint density at radius 3 is 2.65 bits per heavy atom. The topological polar surface area (TPSA) is 121 Å². The molecule has 10 heteroatoms. The maximum atomic E-state index is 12.9. The first-order valence-electron chi connectivity index (χ1n) is 10.5. The molecule has 0 radical (unpaired) electrons. The van der Waals surface area contributed by atoms with Crippen LogP contribution in [0.4, 0.5) is 11.6 Å². The first kappa shape index (κ1) is 21.5. The van der Waals surface area contributed by atoms with E-state index in [4.69, 9.17) is 5.73 Å². The Balaban J connectivity index is 1.34. The number of H-pyrrole nitrogens is 1. The van der Waals surface area contributed by atoms with E-state index in [1.807, 2.05) is 12.3 Å². The van der Waals surface area contributed by atoms with Crippen molar-refractivity contribution in [3.63, 3.8) is 0 Å². The number of aromatic amines is 1. The summed E-state index contributed by atoms with van der Waals surface area (Å²) in [7, 11) is 0.298. The summed E-state index contributed by atoms with van der Waals surface area (Å²) in [6.07, 6.45) is 7.07. The predicted molar refractivity (Wildman–Crippen MR) is 122 cm³/mol. The minimum Gasteiger partial charge on any atom is -0.384 e. The van der Waals surface area contributed by atoms with Gasteiger partial charge in [0.05, 0.1) is 23.4 Å². The van der Waals surface area contributed by atoms with Crippen LogP contribution in [0.2, 0.25) is 0 Å². The first-order chi connectivity index (χ1) is 14.8. The molecule has 0 aromatic carbocycles. The van der Waals surface area contributed by atoms with Crippen molar-refractivity contribution in [2.75, 3.05) is 30.5 Å². The Labute approximate surface area is 182 Å². The molecular formula is C21H29N7O2S. The quantitative estimate of drug-likeness (QED) is 0.575. The van der Waals surface area contributed by atoms with E-state index in [1.165, 1.54) is 4.31 Å². The molecule has 0 atom stereocenters. The molecule has 166 valence electrons. The summed E-state index contributed by atoms with van der Waals surface area (Å²) in [5.41, 5.74) is 7.18. The lowest BCUT2D eigenvalue weighted by Crippen LogP contribution is -2.38. The van der Waals surface area contributed by atoms with Crippen LogP contribution < -0.4 is 10.6 Å². The third kappa shape index (κ3) is 4.80. The lowest BCUT2D eigenvalue weighted by molar-refractivity contribution is 0.335. The number of hydrogen-bond acceptors (Lipinski definition) is 7. The Morgan fingerprint density at radius 2 is 1.90 bits per heavy atom. The van der Waals surface area contributed by atoms with E-state index in [0.29, 0.717) is 17.6 Å². The number of hydrogen-bond donors (Lipinski definition) is 2. The average molecular weight is 444 g/mol. The van der Waals surface area contributed by atoms with Crippen molar-refractivity contribution in [1.82, 2.24) is 24.2 Å². The van der Waals surface area contributed by atoms with Crippen LogP contribution >= 0.6 is 0 Å². The molecular weight excluding hydrogens is 414 g/mol. The summed E-state index contributed by atoms with van der Waals surface area (Å²) in [4.78, 5) is 18.3. The summed E-state index contributed by atoms with van der Waals surface area (Å²) in [5, 5.41) is 1.01. The monoisotopic (exact) mass is 443 g/mol. The maximum absolute atomic E-state index is 12.9. The molecule has 3 aromatic heterocycles. The van der Waals surface area contributed by atoms with Crippen LogP contribution in [0.1, 0.15) is 31.4 Å². The van der Waals surface area contributed by atoms with E-state index < -0.39 is 10.0 Å². The molecule has 0 unspecified atom stereocenters. The molecule has 0 saturated heterocycles. The number of nitrogens with two attached hydrogens (primary N) is 1. The molecule has 1 aliphatic carbocycles. The van der Waals surface area contributed by atoms with Crippen LogP contribution in [-0.2, 0) is 16.6 Å². The van der Waals surface area contributed by atoms with Gasteiger partial charge in [-0.25, -0.2) is 23.4 Å². The molecule has 3 heterocycles. The smallest absolute Gasteiger partial charge is 0.214 e. The highest BCUT2D eigenvalue weighted by molar-refractivity contribution is 7.89. The number of pyridine rings is 1. The van der Waals surface area contributed by atoms with Crippen molar-refractivity contribution in [2.24, 2.45) is 5.92 Å². The van der Waals surface area contributed by atoms with Crippen LogP contribution in [0.5, 0.6) is 0 Å². The van der Waals surface area contributed by atoms with Crippen LogP contribution in [0.25, 0.3) is 11.0 Å². The van der Waals surface area contributed by atoms with Crippen LogP contribution in [-0.4, -0.2) is 58.5 Å². The lowest BCUT2D eigenvalue weighted by atomic mass is 9.86. The Bertz CT molecular complexity index is 1140. The van der Waals surface area contributed by atoms with Gasteiger partial charge in [0.15, 0.2) is 0 Å². The van der Waals surface area contributed by atoms with Gasteiger partial charge >= 0.3 is 0 Å². The van der Waals surface area contributed by atoms with Gasteiger partial charge in [0.2, 0.25) is 10.0 Å². The van der Waals surface area contributed by atoms with Gasteiger partial charge < -0.3 is 15.6 Å². The van der Waals surface area contributed by atoms with Gasteiger partial charge in [0, 0.05) is 26.3 Å². The number of aromatic nitrogens is 4. The van der Waals surface area contributed by atoms with E-state index in [0.717, 1.165) is 42.5 Å². The van der Waals surface area contributed by atoms with E-state index in [-0.39, 0.29) is 18.2 Å². The standard InChI is InChI=1S/C21H29N7O2S/c1-27(12-16-4-3-5-19(22)26-16)31(29,30)13-15-6-8-17(9-7-15)28(2)21-18-10-11-23-20(18)24-14-25-21/h3-5,10-11,14-15,17H,6-9,12-13H2,1-2H3,(H2,22,26)(H,23,24,25)/t15-,17-. The number of rotatable bonds is 7. The van der Waals surface area contributed by atoms with Crippen molar-refractivity contribution >= 4 is 32.7 Å². The highest BCUT2D eigenvalue weighted by Crippen LogP contribution is 2.32. The normalized spacial score (nSPS) is 19.7. The minimum atomic E-state index is -3.37. The number of fused-ring (bicyclic) bond motifs is 1. The van der Waals surface area contributed by atoms with Gasteiger partial charge in [0.1, 0.15) is 23.6 Å². The van der Waals surface area contributed by atoms with Crippen molar-refractivity contribution in [2.45, 2.75) is 38.3 Å². The largest absolute Gasteiger partial charge is 0.384 e. The molecule has 1 fully saturated rings. The fraction of sp³-hybridized carbons (Fsp3) is 0.476. The van der Waals surface area contributed by atoms with Crippen LogP contribution in [0.3, 0.4) is 0 Å². The lowest BCUT2D eigenvalue weighted by Gasteiger charge is -2.35. The molecule has 0 amide bonds. The summed E-state index contributed by atoms with van der Waals surface area (Å²) < 4.78 is 27.1. The van der Waals surface area contributed by atoms with Gasteiger partial charge in [-0.2, -0.15) is 4.31 Å². The van der Waals surface area contributed by atoms with Gasteiger partial charge in [-0.15, -0.1) is 0 Å². The molecule has 0 aliphatic heterocycles. The van der Waals surface area contributed by atoms with E-state index in [2.05, 4.69) is 31.9 Å². The molecule has 1 saturated carbocycles. The van der Waals surface area contributed by atoms with Crippen molar-refractivity contribution in [3.05, 3.63) is 42.5 Å². The zero-order valence-electron chi connectivity index (χ0n) is 17.9. The fourth-order valence-electron chi connectivity index (χ4n) is 4.35. The van der Waals surface area contributed by atoms with Crippen LogP contribution in [0, 0.1) is 5.92 Å². The number of sulfonamides is 1. The number of nitrogens with zero attached hydrogens (tertiary/aromatic N) is 5. The third-order valence-electron chi connectivity index (χ3n) is 6.17. The van der Waals surface area contributed by atoms with Crippen molar-refractivity contribution in [1.29, 1.82) is 0 Å². The molecule has 0 bridgehead atoms. The van der Waals surface area contributed by atoms with Gasteiger partial charge in [-0.3, -0.25) is 0 Å². The molecule has 3 N–H and O–H groups in total. The summed E-state index contributed by atoms with van der Waals surface area (Å²) >= 11 is 0. The molecule has 9 nitrogen and oxygen atoms in total. The van der Waals surface area contributed by atoms with Crippen molar-refractivity contribution in [3.8, 4) is 0 Å². The average Bonchev–Trinajstić information content (AvgIpc) is 3.22. The summed E-state index contributed by atoms with van der Waals surface area (Å²) in [6, 6.07) is 7.59. The molecule has 31 heavy (non-hydrogen) atoms. The van der Waals surface area contributed by atoms with E-state index >= 15 is 0 Å². The second-order valence-corrected chi connectivity index (χ2v) is 10.4. The molecule has 4 rings (SSSR count). The fourth-order valence-corrected chi connectivity index (χ4v) is 5.86. The summed E-state index contributed by atoms with van der Waals surface area (Å²) in [6.45, 7) is 0.228. The van der Waals surface area contributed by atoms with Crippen LogP contribution in [0.15, 0.2) is 36.8 Å². The first-order valence-corrected chi connectivity index (χ1v) is 12.1. The third-order valence-corrected chi connectivity index (χ3v) is 8.14.